The summed E-state index contributed by atoms with van der Waals surface area (Å²) < 4.78 is 5.29. The van der Waals surface area contributed by atoms with E-state index in [2.05, 4.69) is 10.6 Å². The summed E-state index contributed by atoms with van der Waals surface area (Å²) in [5.41, 5.74) is 2.38. The average Bonchev–Trinajstić information content (AvgIpc) is 2.96. The van der Waals surface area contributed by atoms with Crippen LogP contribution in [0.1, 0.15) is 26.3 Å². The summed E-state index contributed by atoms with van der Waals surface area (Å²) in [6.07, 6.45) is 1.63. The minimum absolute atomic E-state index is 0.0569. The van der Waals surface area contributed by atoms with Crippen LogP contribution < -0.4 is 15.4 Å². The Labute approximate surface area is 225 Å². The average molecular weight is 523 g/mol. The summed E-state index contributed by atoms with van der Waals surface area (Å²) in [6.45, 7) is 0. The quantitative estimate of drug-likeness (QED) is 0.150. The smallest absolute Gasteiger partial charge is 0.272 e. The number of hydrogen-bond donors (Lipinski definition) is 2. The van der Waals surface area contributed by atoms with E-state index in [1.54, 1.807) is 66.7 Å². The highest BCUT2D eigenvalue weighted by Gasteiger charge is 2.16. The largest absolute Gasteiger partial charge is 0.496 e. The highest BCUT2D eigenvalue weighted by molar-refractivity contribution is 8.00. The Morgan fingerprint density at radius 3 is 2.24 bits per heavy atom. The van der Waals surface area contributed by atoms with Gasteiger partial charge >= 0.3 is 0 Å². The third-order valence-electron chi connectivity index (χ3n) is 5.51. The molecule has 2 amide bonds. The molecular weight excluding hydrogens is 496 g/mol. The van der Waals surface area contributed by atoms with Crippen molar-refractivity contribution in [3.8, 4) is 5.75 Å². The molecule has 0 unspecified atom stereocenters. The van der Waals surface area contributed by atoms with E-state index in [0.29, 0.717) is 22.6 Å². The van der Waals surface area contributed by atoms with Crippen molar-refractivity contribution in [3.63, 3.8) is 0 Å². The van der Waals surface area contributed by atoms with E-state index in [1.807, 2.05) is 48.5 Å². The number of hydrogen-bond acceptors (Lipinski definition) is 5. The Morgan fingerprint density at radius 2 is 1.50 bits per heavy atom. The number of ether oxygens (including phenoxy) is 1. The number of carbonyl (C=O) groups is 3. The van der Waals surface area contributed by atoms with Gasteiger partial charge < -0.3 is 15.4 Å². The maximum Gasteiger partial charge on any atom is 0.272 e. The molecule has 190 valence electrons. The number of thioether (sulfide) groups is 1. The van der Waals surface area contributed by atoms with Crippen molar-refractivity contribution in [1.82, 2.24) is 5.32 Å². The Morgan fingerprint density at radius 1 is 0.816 bits per heavy atom. The van der Waals surface area contributed by atoms with E-state index in [-0.39, 0.29) is 23.1 Å². The van der Waals surface area contributed by atoms with Crippen LogP contribution in [-0.2, 0) is 4.79 Å². The number of benzene rings is 4. The van der Waals surface area contributed by atoms with Crippen LogP contribution in [0.15, 0.2) is 120 Å². The molecule has 4 aromatic rings. The lowest BCUT2D eigenvalue weighted by Gasteiger charge is -2.12. The van der Waals surface area contributed by atoms with Gasteiger partial charge in [0, 0.05) is 16.1 Å². The molecule has 0 fully saturated rings. The minimum atomic E-state index is -0.467. The summed E-state index contributed by atoms with van der Waals surface area (Å²) in [6, 6.07) is 32.3. The third kappa shape index (κ3) is 7.21. The van der Waals surface area contributed by atoms with Gasteiger partial charge in [-0.2, -0.15) is 0 Å². The van der Waals surface area contributed by atoms with Gasteiger partial charge in [-0.25, -0.2) is 0 Å². The fraction of sp³-hybridized carbons (Fsp3) is 0.0645. The van der Waals surface area contributed by atoms with Crippen LogP contribution in [0.5, 0.6) is 5.75 Å². The molecule has 0 aromatic heterocycles. The van der Waals surface area contributed by atoms with Crippen LogP contribution in [0, 0.1) is 0 Å². The molecule has 4 aromatic carbocycles. The van der Waals surface area contributed by atoms with Gasteiger partial charge in [-0.05, 0) is 54.1 Å². The fourth-order valence-corrected chi connectivity index (χ4v) is 4.46. The van der Waals surface area contributed by atoms with Gasteiger partial charge in [0.15, 0.2) is 5.78 Å². The molecule has 0 atom stereocenters. The summed E-state index contributed by atoms with van der Waals surface area (Å²) in [5, 5.41) is 5.59. The molecule has 0 saturated heterocycles. The first-order chi connectivity index (χ1) is 18.5. The van der Waals surface area contributed by atoms with Crippen molar-refractivity contribution in [2.24, 2.45) is 0 Å². The number of carbonyl (C=O) groups excluding carboxylic acids is 3. The topological polar surface area (TPSA) is 84.5 Å². The SMILES string of the molecule is COc1ccccc1C(=O)CSc1cccc(NC(=O)/C(=C/c2ccccc2)NC(=O)c2ccccc2)c1. The second-order valence-electron chi connectivity index (χ2n) is 8.18. The molecule has 6 nitrogen and oxygen atoms in total. The summed E-state index contributed by atoms with van der Waals surface area (Å²) >= 11 is 1.36. The number of ketones is 1. The van der Waals surface area contributed by atoms with E-state index < -0.39 is 5.91 Å². The van der Waals surface area contributed by atoms with Crippen LogP contribution in [0.2, 0.25) is 0 Å². The highest BCUT2D eigenvalue weighted by Crippen LogP contribution is 2.25. The molecule has 0 bridgehead atoms. The minimum Gasteiger partial charge on any atom is -0.496 e. The molecule has 0 heterocycles. The van der Waals surface area contributed by atoms with Gasteiger partial charge in [0.25, 0.3) is 11.8 Å². The monoisotopic (exact) mass is 522 g/mol. The zero-order chi connectivity index (χ0) is 26.7. The van der Waals surface area contributed by atoms with Gasteiger partial charge in [0.05, 0.1) is 18.4 Å². The second-order valence-corrected chi connectivity index (χ2v) is 9.23. The van der Waals surface area contributed by atoms with Crippen LogP contribution in [0.25, 0.3) is 6.08 Å². The summed E-state index contributed by atoms with van der Waals surface area (Å²) in [7, 11) is 1.54. The normalized spacial score (nSPS) is 10.9. The zero-order valence-corrected chi connectivity index (χ0v) is 21.5. The highest BCUT2D eigenvalue weighted by atomic mass is 32.2. The molecule has 0 aliphatic heterocycles. The third-order valence-corrected chi connectivity index (χ3v) is 6.50. The predicted octanol–water partition coefficient (Wildman–Crippen LogP) is 6.08. The number of anilines is 1. The van der Waals surface area contributed by atoms with Gasteiger partial charge in [-0.1, -0.05) is 66.7 Å². The Balaban J connectivity index is 1.47. The molecule has 7 heteroatoms. The van der Waals surface area contributed by atoms with Crippen molar-refractivity contribution in [2.45, 2.75) is 4.90 Å². The molecule has 0 spiro atoms. The van der Waals surface area contributed by atoms with E-state index >= 15 is 0 Å². The van der Waals surface area contributed by atoms with Crippen molar-refractivity contribution in [1.29, 1.82) is 0 Å². The number of rotatable bonds is 10. The Hall–Kier alpha value is -4.62. The van der Waals surface area contributed by atoms with Crippen molar-refractivity contribution in [3.05, 3.63) is 132 Å². The predicted molar refractivity (Wildman–Crippen MR) is 151 cm³/mol. The maximum absolute atomic E-state index is 13.2. The van der Waals surface area contributed by atoms with Crippen molar-refractivity contribution >= 4 is 41.1 Å². The molecule has 0 aliphatic rings. The first kappa shape index (κ1) is 26.4. The van der Waals surface area contributed by atoms with Gasteiger partial charge in [0.1, 0.15) is 11.4 Å². The second kappa shape index (κ2) is 13.1. The van der Waals surface area contributed by atoms with Crippen LogP contribution in [-0.4, -0.2) is 30.5 Å². The lowest BCUT2D eigenvalue weighted by atomic mass is 10.1. The Kier molecular flexibility index (Phi) is 9.10. The van der Waals surface area contributed by atoms with E-state index in [4.69, 9.17) is 4.74 Å². The number of amides is 2. The van der Waals surface area contributed by atoms with Crippen LogP contribution in [0.3, 0.4) is 0 Å². The first-order valence-electron chi connectivity index (χ1n) is 11.9. The fourth-order valence-electron chi connectivity index (χ4n) is 3.62. The first-order valence-corrected chi connectivity index (χ1v) is 12.9. The standard InChI is InChI=1S/C31H26N2O4S/c1-37-29-18-9-8-17-26(29)28(34)21-38-25-16-10-15-24(20-25)32-31(36)27(19-22-11-4-2-5-12-22)33-30(35)23-13-6-3-7-14-23/h2-20H,21H2,1H3,(H,32,36)(H,33,35)/b27-19-. The summed E-state index contributed by atoms with van der Waals surface area (Å²) in [5.74, 6) is -0.162. The Bertz CT molecular complexity index is 1450. The van der Waals surface area contributed by atoms with E-state index in [9.17, 15) is 14.4 Å². The number of para-hydroxylation sites is 1. The number of methoxy groups -OCH3 is 1. The molecular formula is C31H26N2O4S. The van der Waals surface area contributed by atoms with Gasteiger partial charge in [-0.3, -0.25) is 14.4 Å². The lowest BCUT2D eigenvalue weighted by Crippen LogP contribution is -2.30. The van der Waals surface area contributed by atoms with Crippen molar-refractivity contribution < 1.29 is 19.1 Å². The van der Waals surface area contributed by atoms with E-state index in [1.165, 1.54) is 18.9 Å². The molecule has 0 saturated carbocycles. The van der Waals surface area contributed by atoms with Crippen LogP contribution in [0.4, 0.5) is 5.69 Å². The van der Waals surface area contributed by atoms with Crippen LogP contribution >= 0.6 is 11.8 Å². The zero-order valence-electron chi connectivity index (χ0n) is 20.7. The summed E-state index contributed by atoms with van der Waals surface area (Å²) in [4.78, 5) is 39.6. The van der Waals surface area contributed by atoms with Gasteiger partial charge in [-0.15, -0.1) is 11.8 Å². The number of Topliss-reactive ketones (excluding diaryl/α,β-unsaturated/α-hetero) is 1. The lowest BCUT2D eigenvalue weighted by molar-refractivity contribution is -0.113. The number of nitrogens with one attached hydrogen (secondary N) is 2. The molecule has 2 N–H and O–H groups in total. The maximum atomic E-state index is 13.2. The van der Waals surface area contributed by atoms with Gasteiger partial charge in [0.2, 0.25) is 0 Å². The molecule has 0 radical (unpaired) electrons. The molecule has 0 aliphatic carbocycles. The molecule has 4 rings (SSSR count). The van der Waals surface area contributed by atoms with Crippen molar-refractivity contribution in [2.75, 3.05) is 18.2 Å². The molecule has 38 heavy (non-hydrogen) atoms. The van der Waals surface area contributed by atoms with E-state index in [0.717, 1.165) is 10.5 Å².